The fraction of sp³-hybridized carbons (Fsp3) is 0. The van der Waals surface area contributed by atoms with Gasteiger partial charge in [-0.25, -0.2) is 0 Å². The smallest absolute Gasteiger partial charge is 0.204 e. The Kier molecular flexibility index (Phi) is 118. The van der Waals surface area contributed by atoms with Gasteiger partial charge < -0.3 is 11.9 Å². The van der Waals surface area contributed by atoms with Crippen molar-refractivity contribution in [3.05, 3.63) is 0 Å². The molecule has 0 aromatic rings. The zero-order valence-electron chi connectivity index (χ0n) is 2.68. The maximum atomic E-state index is 8.58. The summed E-state index contributed by atoms with van der Waals surface area (Å²) in [6.45, 7) is 0. The van der Waals surface area contributed by atoms with Gasteiger partial charge in [0.25, 0.3) is 0 Å². The van der Waals surface area contributed by atoms with E-state index in [1.807, 2.05) is 0 Å². The van der Waals surface area contributed by atoms with Crippen LogP contribution in [0.25, 0.3) is 0 Å². The van der Waals surface area contributed by atoms with E-state index in [0.29, 0.717) is 0 Å². The number of hydrogen-bond donors (Lipinski definition) is 2. The zero-order chi connectivity index (χ0) is 2.71. The van der Waals surface area contributed by atoms with Crippen LogP contribution in [0.1, 0.15) is 0 Å². The van der Waals surface area contributed by atoms with Crippen LogP contribution in [0.4, 0.5) is 0 Å². The van der Waals surface area contributed by atoms with E-state index in [1.165, 1.54) is 0 Å². The van der Waals surface area contributed by atoms with Crippen LogP contribution in [0.2, 0.25) is 0 Å². The van der Waals surface area contributed by atoms with Gasteiger partial charge in [-0.05, 0) is 0 Å². The Hall–Kier alpha value is 0.160. The molecule has 0 saturated carbocycles. The van der Waals surface area contributed by atoms with Crippen LogP contribution in [-0.2, 0) is 4.79 Å². The molecule has 0 aliphatic rings. The van der Waals surface area contributed by atoms with Crippen molar-refractivity contribution >= 4 is 30.4 Å². The molecule has 1 amide bonds. The maximum Gasteiger partial charge on any atom is 0.204 e. The molecule has 0 aromatic carbocycles. The molecule has 0 aromatic heterocycles. The monoisotopic (exact) mass is 190 g/mol. The lowest BCUT2D eigenvalue weighted by Gasteiger charge is -1.32. The molecule has 0 fully saturated rings. The van der Waals surface area contributed by atoms with Crippen LogP contribution >= 0.6 is 24.0 Å². The molecular weight excluding hydrogens is 183 g/mol. The van der Waals surface area contributed by atoms with Gasteiger partial charge >= 0.3 is 0 Å². The minimum absolute atomic E-state index is 0. The third-order valence-electron chi connectivity index (χ3n) is 0. The highest BCUT2D eigenvalue weighted by Gasteiger charge is 1.19. The SMILES string of the molecule is I.N.NC=O. The zero-order valence-corrected chi connectivity index (χ0v) is 5.01. The Morgan fingerprint density at radius 2 is 1.60 bits per heavy atom. The molecule has 0 bridgehead atoms. The van der Waals surface area contributed by atoms with E-state index in [-0.39, 0.29) is 36.5 Å². The van der Waals surface area contributed by atoms with Crippen LogP contribution in [0.5, 0.6) is 0 Å². The van der Waals surface area contributed by atoms with Crippen LogP contribution < -0.4 is 11.9 Å². The molecule has 0 radical (unpaired) electrons. The van der Waals surface area contributed by atoms with E-state index < -0.39 is 0 Å². The van der Waals surface area contributed by atoms with E-state index in [4.69, 9.17) is 4.79 Å². The topological polar surface area (TPSA) is 78.1 Å². The van der Waals surface area contributed by atoms with Gasteiger partial charge in [-0.1, -0.05) is 0 Å². The first kappa shape index (κ1) is 19.1. The van der Waals surface area contributed by atoms with E-state index in [1.54, 1.807) is 0 Å². The normalized spacial score (nSPS) is 2.40. The van der Waals surface area contributed by atoms with Crippen molar-refractivity contribution in [1.29, 1.82) is 0 Å². The summed E-state index contributed by atoms with van der Waals surface area (Å²) in [5, 5.41) is 0. The van der Waals surface area contributed by atoms with E-state index in [0.717, 1.165) is 0 Å². The minimum atomic E-state index is 0. The molecule has 0 atom stereocenters. The predicted octanol–water partition coefficient (Wildman–Crippen LogP) is -0.119. The van der Waals surface area contributed by atoms with Gasteiger partial charge in [0.2, 0.25) is 6.41 Å². The fourth-order valence-electron chi connectivity index (χ4n) is 0. The molecular formula is CH7IN2O. The summed E-state index contributed by atoms with van der Waals surface area (Å²) in [5.41, 5.74) is 4.17. The molecule has 0 spiro atoms. The number of carbonyl (C=O) groups is 1. The lowest BCUT2D eigenvalue weighted by molar-refractivity contribution is -0.106. The van der Waals surface area contributed by atoms with Crippen LogP contribution in [0, 0.1) is 0 Å². The second-order valence-corrected chi connectivity index (χ2v) is 0.136. The molecule has 5 heavy (non-hydrogen) atoms. The number of nitrogens with two attached hydrogens (primary N) is 1. The van der Waals surface area contributed by atoms with Crippen molar-refractivity contribution in [1.82, 2.24) is 6.15 Å². The number of primary amides is 1. The molecule has 0 aliphatic heterocycles. The Morgan fingerprint density at radius 3 is 1.60 bits per heavy atom. The van der Waals surface area contributed by atoms with Gasteiger partial charge in [0, 0.05) is 0 Å². The van der Waals surface area contributed by atoms with E-state index in [2.05, 4.69) is 5.73 Å². The van der Waals surface area contributed by atoms with Gasteiger partial charge in [-0.2, -0.15) is 0 Å². The average Bonchev–Trinajstić information content (AvgIpc) is 0.918. The largest absolute Gasteiger partial charge is 0.372 e. The Balaban J connectivity index is -0.0000000200. The summed E-state index contributed by atoms with van der Waals surface area (Å²) >= 11 is 0. The van der Waals surface area contributed by atoms with Crippen LogP contribution in [-0.4, -0.2) is 6.41 Å². The van der Waals surface area contributed by atoms with Crippen LogP contribution in [0.15, 0.2) is 0 Å². The van der Waals surface area contributed by atoms with Crippen molar-refractivity contribution < 1.29 is 4.79 Å². The number of hydrogen-bond acceptors (Lipinski definition) is 2. The first-order valence-electron chi connectivity index (χ1n) is 0.569. The molecule has 4 heteroatoms. The lowest BCUT2D eigenvalue weighted by Crippen LogP contribution is -1.82. The van der Waals surface area contributed by atoms with Gasteiger partial charge in [-0.3, -0.25) is 4.79 Å². The summed E-state index contributed by atoms with van der Waals surface area (Å²) in [5.74, 6) is 0. The van der Waals surface area contributed by atoms with Crippen molar-refractivity contribution in [2.24, 2.45) is 5.73 Å². The highest BCUT2D eigenvalue weighted by molar-refractivity contribution is 14.0. The number of halogens is 1. The van der Waals surface area contributed by atoms with Gasteiger partial charge in [-0.15, -0.1) is 24.0 Å². The summed E-state index contributed by atoms with van der Waals surface area (Å²) in [6.07, 6.45) is 0.250. The third kappa shape index (κ3) is 758. The van der Waals surface area contributed by atoms with Crippen molar-refractivity contribution in [3.63, 3.8) is 0 Å². The molecule has 0 saturated heterocycles. The molecule has 0 aliphatic carbocycles. The van der Waals surface area contributed by atoms with Crippen molar-refractivity contribution in [2.75, 3.05) is 0 Å². The fourth-order valence-corrected chi connectivity index (χ4v) is 0. The standard InChI is InChI=1S/CH3NO.HI.H3N/c2-1-3;;/h1H,(H2,2,3);1H;1H3. The first-order valence-corrected chi connectivity index (χ1v) is 0.569. The first-order chi connectivity index (χ1) is 1.41. The van der Waals surface area contributed by atoms with E-state index >= 15 is 0 Å². The molecule has 0 unspecified atom stereocenters. The number of rotatable bonds is 0. The molecule has 34 valence electrons. The molecule has 0 heterocycles. The van der Waals surface area contributed by atoms with E-state index in [9.17, 15) is 0 Å². The number of carbonyl (C=O) groups excluding carboxylic acids is 1. The predicted molar refractivity (Wildman–Crippen MR) is 30.7 cm³/mol. The molecule has 0 rings (SSSR count). The average molecular weight is 190 g/mol. The second kappa shape index (κ2) is 30.9. The summed E-state index contributed by atoms with van der Waals surface area (Å²) in [7, 11) is 0. The highest BCUT2D eigenvalue weighted by Crippen LogP contribution is 0.886. The number of amides is 1. The Morgan fingerprint density at radius 1 is 1.60 bits per heavy atom. The third-order valence-corrected chi connectivity index (χ3v) is 0. The van der Waals surface area contributed by atoms with Gasteiger partial charge in [0.1, 0.15) is 0 Å². The lowest BCUT2D eigenvalue weighted by atomic mass is 11.5. The second-order valence-electron chi connectivity index (χ2n) is 0.136. The quantitative estimate of drug-likeness (QED) is 0.412. The van der Waals surface area contributed by atoms with Gasteiger partial charge in [0.05, 0.1) is 0 Å². The molecule has 3 nitrogen and oxygen atoms in total. The summed E-state index contributed by atoms with van der Waals surface area (Å²) < 4.78 is 0. The minimum Gasteiger partial charge on any atom is -0.372 e. The van der Waals surface area contributed by atoms with Crippen molar-refractivity contribution in [2.45, 2.75) is 0 Å². The highest BCUT2D eigenvalue weighted by atomic mass is 127. The van der Waals surface area contributed by atoms with Gasteiger partial charge in [0.15, 0.2) is 0 Å². The maximum absolute atomic E-state index is 8.58. The Labute approximate surface area is 47.5 Å². The summed E-state index contributed by atoms with van der Waals surface area (Å²) in [6, 6.07) is 0. The van der Waals surface area contributed by atoms with Crippen molar-refractivity contribution in [3.8, 4) is 0 Å². The molecule has 5 N–H and O–H groups in total. The Bertz CT molecular complexity index is 17.1. The summed E-state index contributed by atoms with van der Waals surface area (Å²) in [4.78, 5) is 8.58. The van der Waals surface area contributed by atoms with Crippen LogP contribution in [0.3, 0.4) is 0 Å².